The minimum atomic E-state index is 0.667. The van der Waals surface area contributed by atoms with Gasteiger partial charge < -0.3 is 4.74 Å². The molecule has 3 nitrogen and oxygen atoms in total. The van der Waals surface area contributed by atoms with Crippen LogP contribution in [-0.2, 0) is 0 Å². The molecule has 0 radical (unpaired) electrons. The van der Waals surface area contributed by atoms with Crippen LogP contribution in [0.3, 0.4) is 0 Å². The lowest BCUT2D eigenvalue weighted by Gasteiger charge is -2.06. The summed E-state index contributed by atoms with van der Waals surface area (Å²) in [6.07, 6.45) is 5.46. The maximum atomic E-state index is 5.48. The monoisotopic (exact) mass is 250 g/mol. The average molecular weight is 250 g/mol. The molecule has 3 heteroatoms. The molecule has 0 fully saturated rings. The summed E-state index contributed by atoms with van der Waals surface area (Å²) in [5.74, 6) is 0.860. The lowest BCUT2D eigenvalue weighted by Crippen LogP contribution is -1.91. The summed E-state index contributed by atoms with van der Waals surface area (Å²) in [5, 5.41) is 1.11. The number of hydrogen-bond acceptors (Lipinski definition) is 3. The van der Waals surface area contributed by atoms with Crippen LogP contribution >= 0.6 is 0 Å². The number of aromatic nitrogens is 2. The third kappa shape index (κ3) is 2.40. The Morgan fingerprint density at radius 3 is 2.63 bits per heavy atom. The Labute approximate surface area is 111 Å². The second-order valence-electron chi connectivity index (χ2n) is 4.25. The van der Waals surface area contributed by atoms with Gasteiger partial charge in [0.15, 0.2) is 0 Å². The number of ether oxygens (including phenoxy) is 1. The van der Waals surface area contributed by atoms with E-state index in [1.54, 1.807) is 12.4 Å². The van der Waals surface area contributed by atoms with Crippen LogP contribution < -0.4 is 4.74 Å². The quantitative estimate of drug-likeness (QED) is 0.711. The van der Waals surface area contributed by atoms with Gasteiger partial charge in [-0.3, -0.25) is 9.97 Å². The molecule has 19 heavy (non-hydrogen) atoms. The maximum absolute atomic E-state index is 5.48. The summed E-state index contributed by atoms with van der Waals surface area (Å²) in [5.41, 5.74) is 3.17. The van der Waals surface area contributed by atoms with Crippen LogP contribution in [0.5, 0.6) is 5.75 Å². The Balaban J connectivity index is 2.05. The molecule has 0 bridgehead atoms. The minimum absolute atomic E-state index is 0.667. The molecule has 2 heterocycles. The summed E-state index contributed by atoms with van der Waals surface area (Å²) in [6.45, 7) is 2.64. The molecular formula is C16H14N2O. The summed E-state index contributed by atoms with van der Waals surface area (Å²) in [4.78, 5) is 8.53. The van der Waals surface area contributed by atoms with Gasteiger partial charge >= 0.3 is 0 Å². The summed E-state index contributed by atoms with van der Waals surface area (Å²) < 4.78 is 5.48. The van der Waals surface area contributed by atoms with Gasteiger partial charge in [-0.25, -0.2) is 0 Å². The predicted octanol–water partition coefficient (Wildman–Crippen LogP) is 3.70. The Hall–Kier alpha value is -2.42. The van der Waals surface area contributed by atoms with Crippen LogP contribution in [0.1, 0.15) is 6.92 Å². The van der Waals surface area contributed by atoms with Crippen LogP contribution in [0.25, 0.3) is 22.0 Å². The molecule has 0 saturated carbocycles. The first-order valence-electron chi connectivity index (χ1n) is 6.30. The van der Waals surface area contributed by atoms with E-state index in [1.165, 1.54) is 0 Å². The van der Waals surface area contributed by atoms with Gasteiger partial charge in [-0.1, -0.05) is 0 Å². The number of fused-ring (bicyclic) bond motifs is 1. The zero-order valence-electron chi connectivity index (χ0n) is 10.7. The number of pyridine rings is 2. The van der Waals surface area contributed by atoms with Crippen molar-refractivity contribution < 1.29 is 4.74 Å². The van der Waals surface area contributed by atoms with E-state index in [2.05, 4.69) is 16.0 Å². The van der Waals surface area contributed by atoms with Crippen LogP contribution in [0.15, 0.2) is 55.0 Å². The normalized spacial score (nSPS) is 10.6. The third-order valence-electron chi connectivity index (χ3n) is 2.98. The van der Waals surface area contributed by atoms with Crippen molar-refractivity contribution in [2.24, 2.45) is 0 Å². The van der Waals surface area contributed by atoms with E-state index in [-0.39, 0.29) is 0 Å². The number of hydrogen-bond donors (Lipinski definition) is 0. The first-order chi connectivity index (χ1) is 9.36. The van der Waals surface area contributed by atoms with Gasteiger partial charge in [0.25, 0.3) is 0 Å². The molecule has 3 aromatic rings. The topological polar surface area (TPSA) is 35.0 Å². The van der Waals surface area contributed by atoms with Crippen molar-refractivity contribution in [3.05, 3.63) is 55.0 Å². The molecule has 94 valence electrons. The summed E-state index contributed by atoms with van der Waals surface area (Å²) in [6, 6.07) is 12.1. The highest BCUT2D eigenvalue weighted by Gasteiger charge is 2.02. The highest BCUT2D eigenvalue weighted by atomic mass is 16.5. The van der Waals surface area contributed by atoms with Crippen LogP contribution in [0, 0.1) is 0 Å². The second kappa shape index (κ2) is 5.06. The Morgan fingerprint density at radius 2 is 1.84 bits per heavy atom. The summed E-state index contributed by atoms with van der Waals surface area (Å²) >= 11 is 0. The summed E-state index contributed by atoms with van der Waals surface area (Å²) in [7, 11) is 0. The van der Waals surface area contributed by atoms with E-state index in [0.717, 1.165) is 27.8 Å². The van der Waals surface area contributed by atoms with Crippen molar-refractivity contribution in [1.29, 1.82) is 0 Å². The maximum Gasteiger partial charge on any atom is 0.121 e. The van der Waals surface area contributed by atoms with E-state index < -0.39 is 0 Å². The predicted molar refractivity (Wildman–Crippen MR) is 76.1 cm³/mol. The first kappa shape index (κ1) is 11.7. The van der Waals surface area contributed by atoms with Crippen LogP contribution in [-0.4, -0.2) is 16.6 Å². The van der Waals surface area contributed by atoms with Crippen molar-refractivity contribution in [1.82, 2.24) is 9.97 Å². The molecule has 0 aliphatic heterocycles. The smallest absolute Gasteiger partial charge is 0.121 e. The average Bonchev–Trinajstić information content (AvgIpc) is 2.48. The molecule has 0 aliphatic carbocycles. The lowest BCUT2D eigenvalue weighted by molar-refractivity contribution is 0.340. The zero-order valence-corrected chi connectivity index (χ0v) is 10.7. The first-order valence-corrected chi connectivity index (χ1v) is 6.30. The molecule has 1 aromatic carbocycles. The molecule has 0 spiro atoms. The molecule has 2 aromatic heterocycles. The molecule has 0 N–H and O–H groups in total. The second-order valence-corrected chi connectivity index (χ2v) is 4.25. The van der Waals surface area contributed by atoms with Crippen LogP contribution in [0.4, 0.5) is 0 Å². The van der Waals surface area contributed by atoms with Crippen molar-refractivity contribution in [3.63, 3.8) is 0 Å². The van der Waals surface area contributed by atoms with E-state index in [9.17, 15) is 0 Å². The Bertz CT molecular complexity index is 695. The number of rotatable bonds is 3. The molecule has 0 aliphatic rings. The molecular weight excluding hydrogens is 236 g/mol. The van der Waals surface area contributed by atoms with Gasteiger partial charge in [-0.05, 0) is 42.8 Å². The largest absolute Gasteiger partial charge is 0.494 e. The van der Waals surface area contributed by atoms with Crippen LogP contribution in [0.2, 0.25) is 0 Å². The molecule has 0 unspecified atom stereocenters. The fourth-order valence-corrected chi connectivity index (χ4v) is 2.06. The van der Waals surface area contributed by atoms with Gasteiger partial charge in [0, 0.05) is 35.6 Å². The van der Waals surface area contributed by atoms with Crippen molar-refractivity contribution in [2.75, 3.05) is 6.61 Å². The third-order valence-corrected chi connectivity index (χ3v) is 2.98. The standard InChI is InChI=1S/C16H14N2O/c1-2-19-15-4-3-13-9-14(11-18-16(13)10-15)12-5-7-17-8-6-12/h3-11H,2H2,1H3. The molecule has 0 amide bonds. The molecule has 0 saturated heterocycles. The van der Waals surface area contributed by atoms with Gasteiger partial charge in [0.2, 0.25) is 0 Å². The lowest BCUT2D eigenvalue weighted by atomic mass is 10.1. The van der Waals surface area contributed by atoms with Crippen molar-refractivity contribution >= 4 is 10.9 Å². The Morgan fingerprint density at radius 1 is 1.00 bits per heavy atom. The van der Waals surface area contributed by atoms with Gasteiger partial charge in [-0.15, -0.1) is 0 Å². The van der Waals surface area contributed by atoms with E-state index in [0.29, 0.717) is 6.61 Å². The minimum Gasteiger partial charge on any atom is -0.494 e. The SMILES string of the molecule is CCOc1ccc2cc(-c3ccncc3)cnc2c1. The fraction of sp³-hybridized carbons (Fsp3) is 0.125. The van der Waals surface area contributed by atoms with Crippen molar-refractivity contribution in [3.8, 4) is 16.9 Å². The molecule has 3 rings (SSSR count). The van der Waals surface area contributed by atoms with Crippen molar-refractivity contribution in [2.45, 2.75) is 6.92 Å². The van der Waals surface area contributed by atoms with Gasteiger partial charge in [0.05, 0.1) is 12.1 Å². The molecule has 0 atom stereocenters. The fourth-order valence-electron chi connectivity index (χ4n) is 2.06. The number of benzene rings is 1. The highest BCUT2D eigenvalue weighted by molar-refractivity contribution is 5.84. The van der Waals surface area contributed by atoms with E-state index >= 15 is 0 Å². The zero-order chi connectivity index (χ0) is 13.1. The Kier molecular flexibility index (Phi) is 3.11. The van der Waals surface area contributed by atoms with Gasteiger partial charge in [0.1, 0.15) is 5.75 Å². The number of nitrogens with zero attached hydrogens (tertiary/aromatic N) is 2. The highest BCUT2D eigenvalue weighted by Crippen LogP contribution is 2.24. The van der Waals surface area contributed by atoms with E-state index in [4.69, 9.17) is 4.74 Å². The van der Waals surface area contributed by atoms with E-state index in [1.807, 2.05) is 43.5 Å². The van der Waals surface area contributed by atoms with Gasteiger partial charge in [-0.2, -0.15) is 0 Å².